The number of aromatic nitrogens is 2. The summed E-state index contributed by atoms with van der Waals surface area (Å²) >= 11 is 0. The number of nitrogens with zero attached hydrogens (tertiary/aromatic N) is 2. The molecule has 4 rings (SSSR count). The monoisotopic (exact) mass is 362 g/mol. The van der Waals surface area contributed by atoms with Crippen LogP contribution in [0.1, 0.15) is 37.2 Å². The summed E-state index contributed by atoms with van der Waals surface area (Å²) in [4.78, 5) is 23.0. The van der Waals surface area contributed by atoms with Crippen molar-refractivity contribution in [3.05, 3.63) is 66.0 Å². The second-order valence-corrected chi connectivity index (χ2v) is 7.39. The fraction of sp³-hybridized carbons (Fsp3) is 0.364. The fourth-order valence-corrected chi connectivity index (χ4v) is 3.80. The van der Waals surface area contributed by atoms with E-state index in [-0.39, 0.29) is 17.9 Å². The maximum atomic E-state index is 12.6. The van der Waals surface area contributed by atoms with Crippen LogP contribution in [-0.2, 0) is 11.3 Å². The fourth-order valence-electron chi connectivity index (χ4n) is 3.80. The molecular formula is C22H26N4O. The standard InChI is InChI=1S/C22H26N4O/c1-16(17-7-3-2-4-8-17)23-22(27)18-11-13-26(14-12-18)15-21-24-19-9-5-6-10-20(19)25-21/h2-10,16,18H,11-15H2,1H3,(H,23,27)(H,24,25)/t16-/m1/s1. The number of carbonyl (C=O) groups excluding carboxylic acids is 1. The summed E-state index contributed by atoms with van der Waals surface area (Å²) in [5.74, 6) is 1.27. The number of para-hydroxylation sites is 2. The first kappa shape index (κ1) is 17.7. The molecule has 1 saturated heterocycles. The van der Waals surface area contributed by atoms with Crippen LogP contribution in [0.5, 0.6) is 0 Å². The third kappa shape index (κ3) is 4.19. The molecule has 1 amide bonds. The van der Waals surface area contributed by atoms with Crippen molar-refractivity contribution in [1.29, 1.82) is 0 Å². The van der Waals surface area contributed by atoms with Crippen molar-refractivity contribution in [3.8, 4) is 0 Å². The van der Waals surface area contributed by atoms with Crippen molar-refractivity contribution in [2.75, 3.05) is 13.1 Å². The molecule has 1 aromatic heterocycles. The molecule has 0 unspecified atom stereocenters. The largest absolute Gasteiger partial charge is 0.349 e. The Hall–Kier alpha value is -2.66. The minimum atomic E-state index is 0.0484. The number of piperidine rings is 1. The van der Waals surface area contributed by atoms with Crippen molar-refractivity contribution in [3.63, 3.8) is 0 Å². The molecule has 140 valence electrons. The van der Waals surface area contributed by atoms with Crippen LogP contribution < -0.4 is 5.32 Å². The van der Waals surface area contributed by atoms with Gasteiger partial charge >= 0.3 is 0 Å². The van der Waals surface area contributed by atoms with E-state index in [0.717, 1.165) is 54.9 Å². The minimum Gasteiger partial charge on any atom is -0.349 e. The smallest absolute Gasteiger partial charge is 0.223 e. The molecule has 1 atom stereocenters. The Morgan fingerprint density at radius 1 is 1.15 bits per heavy atom. The third-order valence-electron chi connectivity index (χ3n) is 5.43. The lowest BCUT2D eigenvalue weighted by Gasteiger charge is -2.31. The van der Waals surface area contributed by atoms with Crippen LogP contribution in [0.2, 0.25) is 0 Å². The van der Waals surface area contributed by atoms with Crippen LogP contribution in [0.4, 0.5) is 0 Å². The van der Waals surface area contributed by atoms with Gasteiger partial charge in [-0.05, 0) is 50.6 Å². The predicted molar refractivity (Wildman–Crippen MR) is 107 cm³/mol. The quantitative estimate of drug-likeness (QED) is 0.728. The van der Waals surface area contributed by atoms with E-state index in [1.807, 2.05) is 43.3 Å². The van der Waals surface area contributed by atoms with Crippen LogP contribution in [-0.4, -0.2) is 33.9 Å². The first-order valence-electron chi connectivity index (χ1n) is 9.70. The van der Waals surface area contributed by atoms with E-state index in [2.05, 4.69) is 38.4 Å². The van der Waals surface area contributed by atoms with Gasteiger partial charge < -0.3 is 10.3 Å². The van der Waals surface area contributed by atoms with E-state index >= 15 is 0 Å². The average molecular weight is 362 g/mol. The van der Waals surface area contributed by atoms with Crippen LogP contribution in [0.3, 0.4) is 0 Å². The molecule has 1 aliphatic heterocycles. The van der Waals surface area contributed by atoms with E-state index < -0.39 is 0 Å². The SMILES string of the molecule is C[C@@H](NC(=O)C1CCN(Cc2nc3ccccc3[nH]2)CC1)c1ccccc1. The van der Waals surface area contributed by atoms with Crippen molar-refractivity contribution < 1.29 is 4.79 Å². The average Bonchev–Trinajstić information content (AvgIpc) is 3.11. The first-order chi connectivity index (χ1) is 13.2. The van der Waals surface area contributed by atoms with E-state index in [9.17, 15) is 4.79 Å². The zero-order valence-electron chi connectivity index (χ0n) is 15.7. The van der Waals surface area contributed by atoms with E-state index in [0.29, 0.717) is 0 Å². The molecule has 1 aliphatic rings. The van der Waals surface area contributed by atoms with Crippen molar-refractivity contribution in [2.24, 2.45) is 5.92 Å². The second-order valence-electron chi connectivity index (χ2n) is 7.39. The highest BCUT2D eigenvalue weighted by atomic mass is 16.1. The summed E-state index contributed by atoms with van der Waals surface area (Å²) in [6.45, 7) is 4.71. The topological polar surface area (TPSA) is 61.0 Å². The number of amides is 1. The summed E-state index contributed by atoms with van der Waals surface area (Å²) in [7, 11) is 0. The molecule has 0 aliphatic carbocycles. The molecule has 2 heterocycles. The van der Waals surface area contributed by atoms with Gasteiger partial charge in [-0.2, -0.15) is 0 Å². The highest BCUT2D eigenvalue weighted by Gasteiger charge is 2.26. The number of hydrogen-bond donors (Lipinski definition) is 2. The number of fused-ring (bicyclic) bond motifs is 1. The lowest BCUT2D eigenvalue weighted by molar-refractivity contribution is -0.127. The molecule has 0 spiro atoms. The van der Waals surface area contributed by atoms with Gasteiger partial charge in [-0.25, -0.2) is 4.98 Å². The Balaban J connectivity index is 1.28. The van der Waals surface area contributed by atoms with Gasteiger partial charge in [0.1, 0.15) is 5.82 Å². The number of rotatable bonds is 5. The second kappa shape index (κ2) is 7.92. The third-order valence-corrected chi connectivity index (χ3v) is 5.43. The number of hydrogen-bond acceptors (Lipinski definition) is 3. The molecule has 5 heteroatoms. The van der Waals surface area contributed by atoms with Crippen LogP contribution in [0.15, 0.2) is 54.6 Å². The molecular weight excluding hydrogens is 336 g/mol. The molecule has 0 saturated carbocycles. The van der Waals surface area contributed by atoms with Crippen molar-refractivity contribution in [2.45, 2.75) is 32.4 Å². The number of nitrogens with one attached hydrogen (secondary N) is 2. The van der Waals surface area contributed by atoms with Gasteiger partial charge in [0.05, 0.1) is 23.6 Å². The highest BCUT2D eigenvalue weighted by molar-refractivity contribution is 5.79. The van der Waals surface area contributed by atoms with E-state index in [1.165, 1.54) is 0 Å². The molecule has 27 heavy (non-hydrogen) atoms. The maximum Gasteiger partial charge on any atom is 0.223 e. The molecule has 2 N–H and O–H groups in total. The Labute approximate surface area is 159 Å². The summed E-state index contributed by atoms with van der Waals surface area (Å²) in [5, 5.41) is 3.17. The van der Waals surface area contributed by atoms with Gasteiger partial charge in [0, 0.05) is 5.92 Å². The molecule has 1 fully saturated rings. The Morgan fingerprint density at radius 3 is 2.59 bits per heavy atom. The van der Waals surface area contributed by atoms with Gasteiger partial charge in [0.25, 0.3) is 0 Å². The predicted octanol–water partition coefficient (Wildman–Crippen LogP) is 3.65. The molecule has 0 bridgehead atoms. The summed E-state index contributed by atoms with van der Waals surface area (Å²) < 4.78 is 0. The normalized spacial score (nSPS) is 17.1. The van der Waals surface area contributed by atoms with Gasteiger partial charge in [0.15, 0.2) is 0 Å². The van der Waals surface area contributed by atoms with Crippen molar-refractivity contribution >= 4 is 16.9 Å². The molecule has 3 aromatic rings. The Kier molecular flexibility index (Phi) is 5.21. The van der Waals surface area contributed by atoms with Crippen LogP contribution in [0, 0.1) is 5.92 Å². The van der Waals surface area contributed by atoms with Gasteiger partial charge in [-0.3, -0.25) is 9.69 Å². The zero-order chi connectivity index (χ0) is 18.6. The zero-order valence-corrected chi connectivity index (χ0v) is 15.7. The number of likely N-dealkylation sites (tertiary alicyclic amines) is 1. The maximum absolute atomic E-state index is 12.6. The minimum absolute atomic E-state index is 0.0484. The number of H-pyrrole nitrogens is 1. The Morgan fingerprint density at radius 2 is 1.85 bits per heavy atom. The van der Waals surface area contributed by atoms with Crippen LogP contribution in [0.25, 0.3) is 11.0 Å². The number of aromatic amines is 1. The van der Waals surface area contributed by atoms with E-state index in [1.54, 1.807) is 0 Å². The summed E-state index contributed by atoms with van der Waals surface area (Å²) in [5.41, 5.74) is 3.24. The number of carbonyl (C=O) groups is 1. The van der Waals surface area contributed by atoms with Crippen molar-refractivity contribution in [1.82, 2.24) is 20.2 Å². The first-order valence-corrected chi connectivity index (χ1v) is 9.70. The molecule has 5 nitrogen and oxygen atoms in total. The van der Waals surface area contributed by atoms with Gasteiger partial charge in [-0.1, -0.05) is 42.5 Å². The lowest BCUT2D eigenvalue weighted by atomic mass is 9.95. The summed E-state index contributed by atoms with van der Waals surface area (Å²) in [6, 6.07) is 18.3. The van der Waals surface area contributed by atoms with Gasteiger partial charge in [-0.15, -0.1) is 0 Å². The van der Waals surface area contributed by atoms with E-state index in [4.69, 9.17) is 0 Å². The number of imidazole rings is 1. The Bertz CT molecular complexity index is 864. The molecule has 2 aromatic carbocycles. The summed E-state index contributed by atoms with van der Waals surface area (Å²) in [6.07, 6.45) is 1.79. The van der Waals surface area contributed by atoms with Gasteiger partial charge in [0.2, 0.25) is 5.91 Å². The lowest BCUT2D eigenvalue weighted by Crippen LogP contribution is -2.41. The number of benzene rings is 2. The van der Waals surface area contributed by atoms with Crippen LogP contribution >= 0.6 is 0 Å². The molecule has 0 radical (unpaired) electrons. The highest BCUT2D eigenvalue weighted by Crippen LogP contribution is 2.21.